The number of fused-ring (bicyclic) bond motifs is 1. The van der Waals surface area contributed by atoms with Gasteiger partial charge in [-0.25, -0.2) is 14.5 Å². The number of nitro groups is 1. The van der Waals surface area contributed by atoms with E-state index in [9.17, 15) is 19.7 Å². The van der Waals surface area contributed by atoms with Gasteiger partial charge in [-0.05, 0) is 49.8 Å². The highest BCUT2D eigenvalue weighted by atomic mass is 35.5. The van der Waals surface area contributed by atoms with Crippen LogP contribution in [0.3, 0.4) is 0 Å². The van der Waals surface area contributed by atoms with Crippen LogP contribution in [0.5, 0.6) is 0 Å². The summed E-state index contributed by atoms with van der Waals surface area (Å²) in [7, 11) is 0. The average molecular weight is 626 g/mol. The Balaban J connectivity index is 1.57. The van der Waals surface area contributed by atoms with Crippen LogP contribution in [0.15, 0.2) is 106 Å². The fraction of sp³-hybridized carbons (Fsp3) is 0.125. The second-order valence-electron chi connectivity index (χ2n) is 9.87. The smallest absolute Gasteiger partial charge is 0.338 e. The standard InChI is InChI=1S/C32H24ClN5O5S/c1-3-43-31(40)27-19(2)34-32-37(29(27)21-8-7-11-25(16-21)38(41)42)30(39)26(44-32)17-22-18-36(24-9-5-4-6-10-24)35-28(22)20-12-14-23(33)15-13-20/h4-18,29H,3H2,1-2H3/b26-17+/t29-/m1/s1. The summed E-state index contributed by atoms with van der Waals surface area (Å²) in [5.74, 6) is -0.645. The molecule has 220 valence electrons. The summed E-state index contributed by atoms with van der Waals surface area (Å²) in [5.41, 5.74) is 3.28. The number of aromatic nitrogens is 3. The fourth-order valence-electron chi connectivity index (χ4n) is 5.09. The normalized spacial score (nSPS) is 14.7. The number of carbonyl (C=O) groups excluding carboxylic acids is 1. The van der Waals surface area contributed by atoms with Gasteiger partial charge in [0.1, 0.15) is 5.69 Å². The third kappa shape index (κ3) is 5.38. The van der Waals surface area contributed by atoms with Crippen molar-refractivity contribution in [2.24, 2.45) is 4.99 Å². The van der Waals surface area contributed by atoms with E-state index in [2.05, 4.69) is 4.99 Å². The van der Waals surface area contributed by atoms with Gasteiger partial charge in [0.2, 0.25) is 0 Å². The number of carbonyl (C=O) groups is 1. The van der Waals surface area contributed by atoms with E-state index in [1.165, 1.54) is 22.8 Å². The molecule has 0 spiro atoms. The molecule has 1 atom stereocenters. The molecule has 0 radical (unpaired) electrons. The van der Waals surface area contributed by atoms with E-state index in [1.807, 2.05) is 48.7 Å². The molecule has 0 unspecified atom stereocenters. The zero-order valence-corrected chi connectivity index (χ0v) is 25.1. The van der Waals surface area contributed by atoms with E-state index in [0.717, 1.165) is 22.6 Å². The van der Waals surface area contributed by atoms with E-state index in [-0.39, 0.29) is 17.9 Å². The van der Waals surface area contributed by atoms with Crippen LogP contribution in [0.1, 0.15) is 31.0 Å². The van der Waals surface area contributed by atoms with Crippen LogP contribution in [0, 0.1) is 10.1 Å². The van der Waals surface area contributed by atoms with Crippen molar-refractivity contribution in [3.63, 3.8) is 0 Å². The largest absolute Gasteiger partial charge is 0.463 e. The maximum Gasteiger partial charge on any atom is 0.338 e. The quantitative estimate of drug-likeness (QED) is 0.139. The molecule has 0 fully saturated rings. The molecule has 3 aromatic carbocycles. The van der Waals surface area contributed by atoms with Gasteiger partial charge in [-0.3, -0.25) is 19.5 Å². The Morgan fingerprint density at radius 2 is 1.86 bits per heavy atom. The molecule has 0 amide bonds. The number of ether oxygens (including phenoxy) is 1. The summed E-state index contributed by atoms with van der Waals surface area (Å²) in [6.07, 6.45) is 3.58. The fourth-order valence-corrected chi connectivity index (χ4v) is 6.26. The van der Waals surface area contributed by atoms with Crippen molar-refractivity contribution in [3.8, 4) is 16.9 Å². The lowest BCUT2D eigenvalue weighted by Gasteiger charge is -2.24. The van der Waals surface area contributed by atoms with Gasteiger partial charge in [0.15, 0.2) is 4.80 Å². The second kappa shape index (κ2) is 11.9. The van der Waals surface area contributed by atoms with Crippen molar-refractivity contribution in [1.29, 1.82) is 0 Å². The number of nitro benzene ring substituents is 1. The minimum Gasteiger partial charge on any atom is -0.463 e. The Kier molecular flexibility index (Phi) is 7.81. The SMILES string of the molecule is CCOC(=O)C1=C(C)N=c2s/c(=C/c3cn(-c4ccccc4)nc3-c3ccc(Cl)cc3)c(=O)n2[C@@H]1c1cccc([N+](=O)[O-])c1. The predicted molar refractivity (Wildman–Crippen MR) is 168 cm³/mol. The molecule has 1 aliphatic heterocycles. The zero-order valence-electron chi connectivity index (χ0n) is 23.5. The first-order valence-corrected chi connectivity index (χ1v) is 14.8. The van der Waals surface area contributed by atoms with E-state index in [4.69, 9.17) is 21.4 Å². The van der Waals surface area contributed by atoms with E-state index in [1.54, 1.807) is 42.8 Å². The third-order valence-electron chi connectivity index (χ3n) is 7.08. The first-order chi connectivity index (χ1) is 21.2. The molecule has 5 aromatic rings. The lowest BCUT2D eigenvalue weighted by Crippen LogP contribution is -2.40. The maximum absolute atomic E-state index is 14.2. The number of halogens is 1. The van der Waals surface area contributed by atoms with Gasteiger partial charge in [0.25, 0.3) is 11.2 Å². The minimum atomic E-state index is -0.977. The van der Waals surface area contributed by atoms with Crippen molar-refractivity contribution in [1.82, 2.24) is 14.3 Å². The average Bonchev–Trinajstić information content (AvgIpc) is 3.58. The first kappa shape index (κ1) is 29.0. The van der Waals surface area contributed by atoms with Crippen LogP contribution in [0.4, 0.5) is 5.69 Å². The van der Waals surface area contributed by atoms with Gasteiger partial charge in [0.05, 0.1) is 39.1 Å². The zero-order chi connectivity index (χ0) is 31.0. The van der Waals surface area contributed by atoms with Crippen molar-refractivity contribution in [3.05, 3.63) is 142 Å². The Morgan fingerprint density at radius 1 is 1.11 bits per heavy atom. The lowest BCUT2D eigenvalue weighted by atomic mass is 9.95. The summed E-state index contributed by atoms with van der Waals surface area (Å²) in [6.45, 7) is 3.45. The molecule has 44 heavy (non-hydrogen) atoms. The number of thiazole rings is 1. The van der Waals surface area contributed by atoms with Gasteiger partial charge < -0.3 is 4.74 Å². The van der Waals surface area contributed by atoms with Gasteiger partial charge in [0, 0.05) is 34.5 Å². The molecule has 0 saturated carbocycles. The van der Waals surface area contributed by atoms with Crippen molar-refractivity contribution < 1.29 is 14.5 Å². The van der Waals surface area contributed by atoms with Gasteiger partial charge >= 0.3 is 5.97 Å². The number of hydrogen-bond donors (Lipinski definition) is 0. The van der Waals surface area contributed by atoms with Crippen LogP contribution in [0.2, 0.25) is 5.02 Å². The molecule has 2 aromatic heterocycles. The Hall–Kier alpha value is -5.13. The monoisotopic (exact) mass is 625 g/mol. The number of hydrogen-bond acceptors (Lipinski definition) is 8. The lowest BCUT2D eigenvalue weighted by molar-refractivity contribution is -0.384. The molecule has 6 rings (SSSR count). The number of non-ortho nitro benzene ring substituents is 1. The topological polar surface area (TPSA) is 122 Å². The number of para-hydroxylation sites is 1. The summed E-state index contributed by atoms with van der Waals surface area (Å²) >= 11 is 7.30. The highest BCUT2D eigenvalue weighted by molar-refractivity contribution is 7.07. The van der Waals surface area contributed by atoms with Gasteiger partial charge in [-0.2, -0.15) is 5.10 Å². The molecule has 0 N–H and O–H groups in total. The molecule has 1 aliphatic rings. The van der Waals surface area contributed by atoms with Crippen molar-refractivity contribution in [2.75, 3.05) is 6.61 Å². The van der Waals surface area contributed by atoms with Crippen molar-refractivity contribution >= 4 is 40.7 Å². The highest BCUT2D eigenvalue weighted by Gasteiger charge is 2.34. The van der Waals surface area contributed by atoms with Crippen LogP contribution in [0.25, 0.3) is 23.0 Å². The van der Waals surface area contributed by atoms with Gasteiger partial charge in [-0.1, -0.05) is 65.4 Å². The minimum absolute atomic E-state index is 0.112. The Labute approximate surface area is 259 Å². The predicted octanol–water partition coefficient (Wildman–Crippen LogP) is 5.21. The maximum atomic E-state index is 14.2. The van der Waals surface area contributed by atoms with Crippen LogP contribution >= 0.6 is 22.9 Å². The Morgan fingerprint density at radius 3 is 2.57 bits per heavy atom. The van der Waals surface area contributed by atoms with E-state index >= 15 is 0 Å². The number of nitrogens with zero attached hydrogens (tertiary/aromatic N) is 5. The number of benzene rings is 3. The highest BCUT2D eigenvalue weighted by Crippen LogP contribution is 2.32. The first-order valence-electron chi connectivity index (χ1n) is 13.6. The summed E-state index contributed by atoms with van der Waals surface area (Å²) < 4.78 is 8.81. The summed E-state index contributed by atoms with van der Waals surface area (Å²) in [4.78, 5) is 43.4. The van der Waals surface area contributed by atoms with Crippen molar-refractivity contribution in [2.45, 2.75) is 19.9 Å². The molecule has 3 heterocycles. The third-order valence-corrected chi connectivity index (χ3v) is 8.32. The molecule has 0 aliphatic carbocycles. The van der Waals surface area contributed by atoms with E-state index < -0.39 is 22.5 Å². The summed E-state index contributed by atoms with van der Waals surface area (Å²) in [5, 5.41) is 17.0. The Bertz CT molecular complexity index is 2130. The molecule has 0 saturated heterocycles. The second-order valence-corrected chi connectivity index (χ2v) is 11.3. The number of allylic oxidation sites excluding steroid dienone is 1. The van der Waals surface area contributed by atoms with Crippen LogP contribution in [-0.4, -0.2) is 31.8 Å². The number of esters is 1. The molecule has 10 nitrogen and oxygen atoms in total. The summed E-state index contributed by atoms with van der Waals surface area (Å²) in [6, 6.07) is 21.8. The van der Waals surface area contributed by atoms with Crippen LogP contribution in [-0.2, 0) is 9.53 Å². The van der Waals surface area contributed by atoms with Gasteiger partial charge in [-0.15, -0.1) is 0 Å². The van der Waals surface area contributed by atoms with E-state index in [0.29, 0.717) is 36.9 Å². The molecular formula is C32H24ClN5O5S. The molecular weight excluding hydrogens is 602 g/mol. The van der Waals surface area contributed by atoms with Crippen LogP contribution < -0.4 is 14.9 Å². The molecule has 12 heteroatoms. The number of rotatable bonds is 7. The molecule has 0 bridgehead atoms.